The molecule has 0 aromatic heterocycles. The van der Waals surface area contributed by atoms with E-state index in [4.69, 9.17) is 5.11 Å². The molecule has 0 aliphatic carbocycles. The summed E-state index contributed by atoms with van der Waals surface area (Å²) in [6.07, 6.45) is 1.38. The average molecular weight is 270 g/mol. The lowest BCUT2D eigenvalue weighted by Gasteiger charge is -2.39. The molecule has 2 saturated heterocycles. The number of likely N-dealkylation sites (tertiary alicyclic amines) is 2. The number of hydrogen-bond acceptors (Lipinski definition) is 3. The fraction of sp³-hybridized carbons (Fsp3) is 0.846. The van der Waals surface area contributed by atoms with Crippen LogP contribution in [0.2, 0.25) is 0 Å². The summed E-state index contributed by atoms with van der Waals surface area (Å²) in [5.74, 6) is -0.970. The summed E-state index contributed by atoms with van der Waals surface area (Å²) >= 11 is 0. The molecule has 0 radical (unpaired) electrons. The summed E-state index contributed by atoms with van der Waals surface area (Å²) in [5.41, 5.74) is 0. The molecular weight excluding hydrogens is 248 g/mol. The number of aliphatic hydroxyl groups is 1. The van der Waals surface area contributed by atoms with E-state index in [9.17, 15) is 14.7 Å². The lowest BCUT2D eigenvalue weighted by molar-refractivity contribution is -0.143. The molecule has 2 rings (SSSR count). The molecule has 19 heavy (non-hydrogen) atoms. The van der Waals surface area contributed by atoms with E-state index in [0.29, 0.717) is 45.4 Å². The van der Waals surface area contributed by atoms with Crippen molar-refractivity contribution in [2.24, 2.45) is 11.8 Å². The van der Waals surface area contributed by atoms with Gasteiger partial charge in [0.1, 0.15) is 0 Å². The minimum Gasteiger partial charge on any atom is -0.481 e. The number of amides is 2. The van der Waals surface area contributed by atoms with Crippen molar-refractivity contribution >= 4 is 12.0 Å². The van der Waals surface area contributed by atoms with E-state index < -0.39 is 5.97 Å². The van der Waals surface area contributed by atoms with Gasteiger partial charge in [-0.1, -0.05) is 6.92 Å². The van der Waals surface area contributed by atoms with Crippen LogP contribution in [0.4, 0.5) is 4.79 Å². The van der Waals surface area contributed by atoms with Gasteiger partial charge >= 0.3 is 12.0 Å². The first kappa shape index (κ1) is 14.1. The highest BCUT2D eigenvalue weighted by Gasteiger charge is 2.32. The van der Waals surface area contributed by atoms with Crippen molar-refractivity contribution in [3.05, 3.63) is 0 Å². The summed E-state index contributed by atoms with van der Waals surface area (Å²) in [6, 6.07) is -0.0115. The number of nitrogens with zero attached hydrogens (tertiary/aromatic N) is 2. The molecular formula is C13H22N2O4. The molecule has 2 N–H and O–H groups in total. The number of carboxylic acid groups (broad SMARTS) is 1. The number of carbonyl (C=O) groups is 2. The minimum absolute atomic E-state index is 0.0115. The molecule has 0 aromatic rings. The van der Waals surface area contributed by atoms with Gasteiger partial charge in [0.15, 0.2) is 0 Å². The van der Waals surface area contributed by atoms with E-state index in [1.165, 1.54) is 0 Å². The van der Waals surface area contributed by atoms with Gasteiger partial charge in [0.2, 0.25) is 0 Å². The third kappa shape index (κ3) is 3.18. The predicted molar refractivity (Wildman–Crippen MR) is 68.7 cm³/mol. The van der Waals surface area contributed by atoms with Gasteiger partial charge < -0.3 is 20.0 Å². The molecule has 2 heterocycles. The standard InChI is InChI=1S/C13H22N2O4/c1-9-8-15(7-4-11(9)16)13(19)14-5-2-10(3-6-14)12(17)18/h9-11,16H,2-8H2,1H3,(H,17,18). The maximum atomic E-state index is 12.3. The Balaban J connectivity index is 1.86. The second kappa shape index (κ2) is 5.77. The van der Waals surface area contributed by atoms with E-state index in [0.717, 1.165) is 0 Å². The third-order valence-electron chi connectivity index (χ3n) is 4.25. The molecule has 2 aliphatic rings. The monoisotopic (exact) mass is 270 g/mol. The molecule has 0 aromatic carbocycles. The molecule has 2 aliphatic heterocycles. The van der Waals surface area contributed by atoms with Crippen LogP contribution < -0.4 is 0 Å². The first-order valence-electron chi connectivity index (χ1n) is 6.93. The molecule has 6 nitrogen and oxygen atoms in total. The van der Waals surface area contributed by atoms with Crippen LogP contribution >= 0.6 is 0 Å². The predicted octanol–water partition coefficient (Wildman–Crippen LogP) is 0.606. The van der Waals surface area contributed by atoms with Crippen LogP contribution in [0.15, 0.2) is 0 Å². The van der Waals surface area contributed by atoms with Gasteiger partial charge in [-0.25, -0.2) is 4.79 Å². The zero-order chi connectivity index (χ0) is 14.0. The quantitative estimate of drug-likeness (QED) is 0.731. The first-order chi connectivity index (χ1) is 8.99. The Bertz CT molecular complexity index is 353. The number of rotatable bonds is 1. The molecule has 0 bridgehead atoms. The van der Waals surface area contributed by atoms with Crippen molar-refractivity contribution in [2.75, 3.05) is 26.2 Å². The number of aliphatic carboxylic acids is 1. The maximum Gasteiger partial charge on any atom is 0.320 e. The number of hydrogen-bond donors (Lipinski definition) is 2. The Labute approximate surface area is 113 Å². The third-order valence-corrected chi connectivity index (χ3v) is 4.25. The van der Waals surface area contributed by atoms with E-state index in [1.807, 2.05) is 6.92 Å². The molecule has 2 fully saturated rings. The fourth-order valence-electron chi connectivity index (χ4n) is 2.82. The van der Waals surface area contributed by atoms with Crippen LogP contribution in [0, 0.1) is 11.8 Å². The molecule has 2 unspecified atom stereocenters. The number of urea groups is 1. The lowest BCUT2D eigenvalue weighted by atomic mass is 9.96. The summed E-state index contributed by atoms with van der Waals surface area (Å²) in [5, 5.41) is 18.6. The van der Waals surface area contributed by atoms with Crippen LogP contribution in [-0.2, 0) is 4.79 Å². The summed E-state index contributed by atoms with van der Waals surface area (Å²) in [7, 11) is 0. The second-order valence-electron chi connectivity index (χ2n) is 5.66. The SMILES string of the molecule is CC1CN(C(=O)N2CCC(C(=O)O)CC2)CCC1O. The summed E-state index contributed by atoms with van der Waals surface area (Å²) < 4.78 is 0. The Hall–Kier alpha value is -1.30. The van der Waals surface area contributed by atoms with Crippen molar-refractivity contribution in [3.8, 4) is 0 Å². The van der Waals surface area contributed by atoms with Crippen molar-refractivity contribution in [1.29, 1.82) is 0 Å². The van der Waals surface area contributed by atoms with Crippen LogP contribution in [0.25, 0.3) is 0 Å². The van der Waals surface area contributed by atoms with Gasteiger partial charge in [-0.3, -0.25) is 4.79 Å². The van der Waals surface area contributed by atoms with Gasteiger partial charge in [-0.15, -0.1) is 0 Å². The number of carboxylic acids is 1. The van der Waals surface area contributed by atoms with E-state index >= 15 is 0 Å². The largest absolute Gasteiger partial charge is 0.481 e. The Morgan fingerprint density at radius 2 is 1.63 bits per heavy atom. The molecule has 108 valence electrons. The van der Waals surface area contributed by atoms with Crippen LogP contribution in [0.5, 0.6) is 0 Å². The second-order valence-corrected chi connectivity index (χ2v) is 5.66. The summed E-state index contributed by atoms with van der Waals surface area (Å²) in [4.78, 5) is 26.7. The number of carbonyl (C=O) groups excluding carboxylic acids is 1. The zero-order valence-electron chi connectivity index (χ0n) is 11.3. The molecule has 2 atom stereocenters. The van der Waals surface area contributed by atoms with E-state index in [-0.39, 0.29) is 24.0 Å². The highest BCUT2D eigenvalue weighted by molar-refractivity contribution is 5.75. The number of aliphatic hydroxyl groups excluding tert-OH is 1. The van der Waals surface area contributed by atoms with Crippen LogP contribution in [0.1, 0.15) is 26.2 Å². The Morgan fingerprint density at radius 3 is 2.16 bits per heavy atom. The highest BCUT2D eigenvalue weighted by atomic mass is 16.4. The average Bonchev–Trinajstić information content (AvgIpc) is 2.41. The van der Waals surface area contributed by atoms with E-state index in [1.54, 1.807) is 9.80 Å². The van der Waals surface area contributed by atoms with Gasteiger partial charge in [0.05, 0.1) is 12.0 Å². The topological polar surface area (TPSA) is 81.1 Å². The fourth-order valence-corrected chi connectivity index (χ4v) is 2.82. The highest BCUT2D eigenvalue weighted by Crippen LogP contribution is 2.21. The van der Waals surface area contributed by atoms with E-state index in [2.05, 4.69) is 0 Å². The lowest BCUT2D eigenvalue weighted by Crippen LogP contribution is -2.52. The van der Waals surface area contributed by atoms with Crippen LogP contribution in [0.3, 0.4) is 0 Å². The molecule has 0 saturated carbocycles. The van der Waals surface area contributed by atoms with Crippen molar-refractivity contribution in [1.82, 2.24) is 9.80 Å². The molecule has 0 spiro atoms. The smallest absolute Gasteiger partial charge is 0.320 e. The van der Waals surface area contributed by atoms with Gasteiger partial charge in [0, 0.05) is 26.2 Å². The van der Waals surface area contributed by atoms with Crippen molar-refractivity contribution < 1.29 is 19.8 Å². The zero-order valence-corrected chi connectivity index (χ0v) is 11.3. The molecule has 6 heteroatoms. The molecule has 2 amide bonds. The van der Waals surface area contributed by atoms with Crippen molar-refractivity contribution in [3.63, 3.8) is 0 Å². The minimum atomic E-state index is -0.762. The Kier molecular flexibility index (Phi) is 4.29. The normalized spacial score (nSPS) is 29.4. The number of piperidine rings is 2. The Morgan fingerprint density at radius 1 is 1.05 bits per heavy atom. The first-order valence-corrected chi connectivity index (χ1v) is 6.93. The van der Waals surface area contributed by atoms with Crippen LogP contribution in [-0.4, -0.2) is 64.3 Å². The summed E-state index contributed by atoms with van der Waals surface area (Å²) in [6.45, 7) is 4.15. The van der Waals surface area contributed by atoms with Gasteiger partial charge in [0.25, 0.3) is 0 Å². The van der Waals surface area contributed by atoms with Gasteiger partial charge in [-0.2, -0.15) is 0 Å². The maximum absolute atomic E-state index is 12.3. The van der Waals surface area contributed by atoms with Crippen molar-refractivity contribution in [2.45, 2.75) is 32.3 Å². The van der Waals surface area contributed by atoms with Gasteiger partial charge in [-0.05, 0) is 25.2 Å².